The minimum atomic E-state index is -1.08. The summed E-state index contributed by atoms with van der Waals surface area (Å²) in [6, 6.07) is 14.5. The molecule has 1 aromatic heterocycles. The lowest BCUT2D eigenvalue weighted by molar-refractivity contribution is -0.149. The molecule has 0 radical (unpaired) electrons. The molecule has 0 bridgehead atoms. The van der Waals surface area contributed by atoms with Crippen LogP contribution in [0.15, 0.2) is 73.2 Å². The number of hydrogen-bond donors (Lipinski definition) is 5. The Labute approximate surface area is 232 Å². The van der Waals surface area contributed by atoms with Gasteiger partial charge in [0.25, 0.3) is 0 Å². The molecule has 1 aliphatic rings. The van der Waals surface area contributed by atoms with Crippen LogP contribution in [0.1, 0.15) is 29.7 Å². The van der Waals surface area contributed by atoms with E-state index in [0.717, 1.165) is 11.1 Å². The summed E-state index contributed by atoms with van der Waals surface area (Å²) in [6.07, 6.45) is 4.46. The lowest BCUT2D eigenvalue weighted by Gasteiger charge is -2.29. The molecule has 11 nitrogen and oxygen atoms in total. The number of nitrogens with two attached hydrogens (primary N) is 1. The summed E-state index contributed by atoms with van der Waals surface area (Å²) in [5.74, 6) is -2.66. The van der Waals surface area contributed by atoms with Crippen molar-refractivity contribution in [2.45, 2.75) is 56.3 Å². The van der Waals surface area contributed by atoms with Gasteiger partial charge in [0, 0.05) is 31.3 Å². The summed E-state index contributed by atoms with van der Waals surface area (Å²) in [5, 5.41) is 15.2. The van der Waals surface area contributed by atoms with Gasteiger partial charge in [-0.2, -0.15) is 0 Å². The number of H-pyrrole nitrogens is 1. The summed E-state index contributed by atoms with van der Waals surface area (Å²) in [5.41, 5.74) is 8.45. The number of carboxylic acids is 1. The number of rotatable bonds is 12. The average Bonchev–Trinajstić information content (AvgIpc) is 3.66. The first-order chi connectivity index (χ1) is 19.3. The molecule has 4 rings (SSSR count). The van der Waals surface area contributed by atoms with Gasteiger partial charge in [-0.3, -0.25) is 14.4 Å². The number of benzene rings is 2. The van der Waals surface area contributed by atoms with Gasteiger partial charge in [-0.05, 0) is 30.4 Å². The second-order valence-electron chi connectivity index (χ2n) is 9.92. The number of nitrogens with one attached hydrogen (secondary N) is 3. The van der Waals surface area contributed by atoms with E-state index in [0.29, 0.717) is 25.1 Å². The highest BCUT2D eigenvalue weighted by molar-refractivity contribution is 5.94. The fourth-order valence-electron chi connectivity index (χ4n) is 4.87. The molecule has 0 aliphatic carbocycles. The SMILES string of the molecule is NC(Cc1ccccc1)C(=O)NC(Cc1cnc[nH]1)C(=O)NC(Cc1ccccc1)C(=O)N1CCCC1C(=O)O. The average molecular weight is 547 g/mol. The van der Waals surface area contributed by atoms with Crippen LogP contribution in [-0.2, 0) is 38.4 Å². The predicted octanol–water partition coefficient (Wildman–Crippen LogP) is 0.810. The van der Waals surface area contributed by atoms with E-state index in [1.165, 1.54) is 11.2 Å². The van der Waals surface area contributed by atoms with Crippen LogP contribution >= 0.6 is 0 Å². The Bertz CT molecular complexity index is 1280. The van der Waals surface area contributed by atoms with Crippen molar-refractivity contribution >= 4 is 23.7 Å². The highest BCUT2D eigenvalue weighted by Gasteiger charge is 2.38. The molecule has 2 aromatic carbocycles. The third kappa shape index (κ3) is 7.54. The quantitative estimate of drug-likeness (QED) is 0.224. The van der Waals surface area contributed by atoms with Gasteiger partial charge in [-0.1, -0.05) is 60.7 Å². The zero-order chi connectivity index (χ0) is 28.5. The zero-order valence-corrected chi connectivity index (χ0v) is 22.0. The molecular weight excluding hydrogens is 512 g/mol. The molecule has 1 fully saturated rings. The topological polar surface area (TPSA) is 171 Å². The molecule has 2 heterocycles. The van der Waals surface area contributed by atoms with Gasteiger partial charge < -0.3 is 31.4 Å². The highest BCUT2D eigenvalue weighted by Crippen LogP contribution is 2.20. The number of aromatic nitrogens is 2. The first-order valence-corrected chi connectivity index (χ1v) is 13.3. The van der Waals surface area contributed by atoms with Gasteiger partial charge in [0.05, 0.1) is 12.4 Å². The van der Waals surface area contributed by atoms with Gasteiger partial charge in [0.2, 0.25) is 17.7 Å². The lowest BCUT2D eigenvalue weighted by atomic mass is 10.0. The van der Waals surface area contributed by atoms with Crippen molar-refractivity contribution in [3.05, 3.63) is 90.0 Å². The number of aromatic amines is 1. The van der Waals surface area contributed by atoms with Crippen LogP contribution in [0.3, 0.4) is 0 Å². The maximum atomic E-state index is 13.6. The van der Waals surface area contributed by atoms with E-state index in [9.17, 15) is 24.3 Å². The van der Waals surface area contributed by atoms with Crippen molar-refractivity contribution in [1.82, 2.24) is 25.5 Å². The molecule has 6 N–H and O–H groups in total. The van der Waals surface area contributed by atoms with Crippen molar-refractivity contribution in [2.75, 3.05) is 6.54 Å². The summed E-state index contributed by atoms with van der Waals surface area (Å²) in [4.78, 5) is 60.3. The van der Waals surface area contributed by atoms with E-state index in [1.807, 2.05) is 60.7 Å². The van der Waals surface area contributed by atoms with Crippen molar-refractivity contribution in [3.8, 4) is 0 Å². The standard InChI is InChI=1S/C29H34N6O5/c30-22(14-19-8-3-1-4-9-19)26(36)33-23(16-21-17-31-18-32-21)27(37)34-24(15-20-10-5-2-6-11-20)28(38)35-13-7-12-25(35)29(39)40/h1-6,8-11,17-18,22-25H,7,12-16,30H2,(H,31,32)(H,33,36)(H,34,37)(H,39,40). The third-order valence-corrected chi connectivity index (χ3v) is 6.97. The van der Waals surface area contributed by atoms with Crippen molar-refractivity contribution in [3.63, 3.8) is 0 Å². The minimum absolute atomic E-state index is 0.0866. The number of amides is 3. The van der Waals surface area contributed by atoms with E-state index >= 15 is 0 Å². The first kappa shape index (κ1) is 28.5. The highest BCUT2D eigenvalue weighted by atomic mass is 16.4. The number of carboxylic acid groups (broad SMARTS) is 1. The van der Waals surface area contributed by atoms with Crippen LogP contribution in [0.2, 0.25) is 0 Å². The van der Waals surface area contributed by atoms with Crippen molar-refractivity contribution in [2.24, 2.45) is 5.73 Å². The van der Waals surface area contributed by atoms with Crippen LogP contribution < -0.4 is 16.4 Å². The summed E-state index contributed by atoms with van der Waals surface area (Å²) >= 11 is 0. The van der Waals surface area contributed by atoms with E-state index in [2.05, 4.69) is 20.6 Å². The second-order valence-corrected chi connectivity index (χ2v) is 9.92. The number of carbonyl (C=O) groups is 4. The Balaban J connectivity index is 1.53. The third-order valence-electron chi connectivity index (χ3n) is 6.97. The number of likely N-dealkylation sites (tertiary alicyclic amines) is 1. The molecule has 1 aliphatic heterocycles. The molecule has 4 unspecified atom stereocenters. The maximum Gasteiger partial charge on any atom is 0.326 e. The monoisotopic (exact) mass is 546 g/mol. The molecule has 1 saturated heterocycles. The van der Waals surface area contributed by atoms with Crippen LogP contribution in [-0.4, -0.2) is 74.4 Å². The number of nitrogens with zero attached hydrogens (tertiary/aromatic N) is 2. The number of aliphatic carboxylic acids is 1. The largest absolute Gasteiger partial charge is 0.480 e. The molecule has 0 spiro atoms. The molecular formula is C29H34N6O5. The van der Waals surface area contributed by atoms with Crippen LogP contribution in [0.4, 0.5) is 0 Å². The molecule has 3 amide bonds. The Morgan fingerprint density at radius 3 is 2.15 bits per heavy atom. The Hall–Kier alpha value is -4.51. The fraction of sp³-hybridized carbons (Fsp3) is 0.345. The lowest BCUT2D eigenvalue weighted by Crippen LogP contribution is -2.58. The normalized spacial score (nSPS) is 17.0. The molecule has 40 heavy (non-hydrogen) atoms. The van der Waals surface area contributed by atoms with Gasteiger partial charge in [0.1, 0.15) is 18.1 Å². The Morgan fingerprint density at radius 2 is 1.55 bits per heavy atom. The van der Waals surface area contributed by atoms with Gasteiger partial charge in [-0.15, -0.1) is 0 Å². The summed E-state index contributed by atoms with van der Waals surface area (Å²) in [7, 11) is 0. The van der Waals surface area contributed by atoms with Crippen LogP contribution in [0, 0.1) is 0 Å². The predicted molar refractivity (Wildman–Crippen MR) is 147 cm³/mol. The molecule has 210 valence electrons. The number of imidazole rings is 1. The zero-order valence-electron chi connectivity index (χ0n) is 22.0. The smallest absolute Gasteiger partial charge is 0.326 e. The van der Waals surface area contributed by atoms with E-state index < -0.39 is 47.9 Å². The number of carbonyl (C=O) groups excluding carboxylic acids is 3. The Morgan fingerprint density at radius 1 is 0.925 bits per heavy atom. The van der Waals surface area contributed by atoms with Gasteiger partial charge in [0.15, 0.2) is 0 Å². The van der Waals surface area contributed by atoms with Crippen molar-refractivity contribution < 1.29 is 24.3 Å². The van der Waals surface area contributed by atoms with Gasteiger partial charge >= 0.3 is 5.97 Å². The minimum Gasteiger partial charge on any atom is -0.480 e. The first-order valence-electron chi connectivity index (χ1n) is 13.3. The van der Waals surface area contributed by atoms with Crippen LogP contribution in [0.25, 0.3) is 0 Å². The van der Waals surface area contributed by atoms with E-state index in [1.54, 1.807) is 6.20 Å². The van der Waals surface area contributed by atoms with Crippen molar-refractivity contribution in [1.29, 1.82) is 0 Å². The second kappa shape index (κ2) is 13.5. The molecule has 11 heteroatoms. The summed E-state index contributed by atoms with van der Waals surface area (Å²) in [6.45, 7) is 0.291. The van der Waals surface area contributed by atoms with E-state index in [4.69, 9.17) is 5.73 Å². The van der Waals surface area contributed by atoms with Gasteiger partial charge in [-0.25, -0.2) is 9.78 Å². The molecule has 0 saturated carbocycles. The number of hydrogen-bond acceptors (Lipinski definition) is 6. The van der Waals surface area contributed by atoms with E-state index in [-0.39, 0.29) is 19.3 Å². The summed E-state index contributed by atoms with van der Waals surface area (Å²) < 4.78 is 0. The molecule has 4 atom stereocenters. The van der Waals surface area contributed by atoms with Crippen LogP contribution in [0.5, 0.6) is 0 Å². The molecule has 3 aromatic rings. The fourth-order valence-corrected chi connectivity index (χ4v) is 4.87. The Kier molecular flexibility index (Phi) is 9.63. The maximum absolute atomic E-state index is 13.6.